The summed E-state index contributed by atoms with van der Waals surface area (Å²) in [5.41, 5.74) is 3.89. The van der Waals surface area contributed by atoms with Gasteiger partial charge in [-0.3, -0.25) is 24.1 Å². The molecule has 1 fully saturated rings. The minimum atomic E-state index is -2.69. The number of phenols is 1. The second kappa shape index (κ2) is 8.89. The van der Waals surface area contributed by atoms with Gasteiger partial charge in [0.1, 0.15) is 22.8 Å². The summed E-state index contributed by atoms with van der Waals surface area (Å²) >= 11 is 0. The fraction of sp³-hybridized carbons (Fsp3) is 0.310. The number of hydrogen-bond donors (Lipinski definition) is 5. The molecule has 2 aromatic rings. The molecule has 0 radical (unpaired) electrons. The lowest BCUT2D eigenvalue weighted by Gasteiger charge is -2.50. The fourth-order valence-corrected chi connectivity index (χ4v) is 6.42. The molecule has 10 nitrogen and oxygen atoms in total. The van der Waals surface area contributed by atoms with E-state index in [9.17, 15) is 39.6 Å². The molecule has 2 aromatic carbocycles. The zero-order valence-corrected chi connectivity index (χ0v) is 21.6. The molecule has 6 N–H and O–H groups in total. The topological polar surface area (TPSA) is 178 Å². The van der Waals surface area contributed by atoms with E-state index < -0.39 is 58.0 Å². The number of hydrogen-bond acceptors (Lipinski definition) is 9. The van der Waals surface area contributed by atoms with Crippen molar-refractivity contribution in [3.8, 4) is 16.9 Å². The summed E-state index contributed by atoms with van der Waals surface area (Å²) in [5, 5.41) is 44.7. The van der Waals surface area contributed by atoms with E-state index in [-0.39, 0.29) is 35.5 Å². The van der Waals surface area contributed by atoms with Crippen LogP contribution in [0.3, 0.4) is 0 Å². The van der Waals surface area contributed by atoms with Gasteiger partial charge in [-0.25, -0.2) is 0 Å². The summed E-state index contributed by atoms with van der Waals surface area (Å²) in [6.45, 7) is 1.45. The molecule has 0 heterocycles. The molecule has 4 atom stereocenters. The molecule has 3 aliphatic carbocycles. The zero-order valence-electron chi connectivity index (χ0n) is 21.6. The number of carbonyl (C=O) groups is 4. The summed E-state index contributed by atoms with van der Waals surface area (Å²) in [7, 11) is 3.09. The molecule has 10 heteroatoms. The van der Waals surface area contributed by atoms with Crippen LogP contribution in [0.15, 0.2) is 53.3 Å². The lowest BCUT2D eigenvalue weighted by atomic mass is 9.57. The number of nitrogens with zero attached hydrogens (tertiary/aromatic N) is 1. The van der Waals surface area contributed by atoms with E-state index in [0.29, 0.717) is 22.3 Å². The normalized spacial score (nSPS) is 26.3. The number of ketones is 3. The Hall–Kier alpha value is -4.28. The first-order valence-electron chi connectivity index (χ1n) is 12.4. The van der Waals surface area contributed by atoms with E-state index in [0.717, 1.165) is 0 Å². The first-order chi connectivity index (χ1) is 18.3. The number of rotatable bonds is 4. The molecule has 5 rings (SSSR count). The number of Topliss-reactive ketones (excluding diaryl/α,β-unsaturated/α-hetero) is 3. The number of aromatic hydroxyl groups is 1. The lowest BCUT2D eigenvalue weighted by Crippen LogP contribution is -2.65. The Morgan fingerprint density at radius 3 is 2.38 bits per heavy atom. The molecule has 0 saturated heterocycles. The van der Waals surface area contributed by atoms with Crippen molar-refractivity contribution in [1.29, 1.82) is 0 Å². The highest BCUT2D eigenvalue weighted by molar-refractivity contribution is 6.24. The molecular formula is C29H28N2O8. The Morgan fingerprint density at radius 1 is 1.08 bits per heavy atom. The summed E-state index contributed by atoms with van der Waals surface area (Å²) in [4.78, 5) is 52.6. The Labute approximate surface area is 223 Å². The predicted molar refractivity (Wildman–Crippen MR) is 140 cm³/mol. The van der Waals surface area contributed by atoms with Crippen LogP contribution in [0.2, 0.25) is 0 Å². The van der Waals surface area contributed by atoms with Crippen molar-refractivity contribution in [2.24, 2.45) is 17.6 Å². The van der Waals surface area contributed by atoms with Crippen molar-refractivity contribution in [1.82, 2.24) is 4.90 Å². The standard InChI is InChI=1S/C29H28N2O8/c1-12(32)13-5-4-6-14(9-13)16-7-8-19(33)21-17(16)10-15-11-18-23(31(2)3)25(35)22(28(30)38)27(37)29(18,39)26(36)20(15)24(21)34/h4-9,15,18,23,33-34,37,39H,10-11H2,1-3H3,(H2,30,38). The highest BCUT2D eigenvalue weighted by Gasteiger charge is 2.64. The van der Waals surface area contributed by atoms with E-state index in [1.165, 1.54) is 17.9 Å². The third kappa shape index (κ3) is 3.63. The fourth-order valence-electron chi connectivity index (χ4n) is 6.42. The smallest absolute Gasteiger partial charge is 0.255 e. The number of carbonyl (C=O) groups excluding carboxylic acids is 4. The van der Waals surface area contributed by atoms with Gasteiger partial charge in [0.25, 0.3) is 5.91 Å². The molecule has 0 bridgehead atoms. The maximum atomic E-state index is 13.9. The number of aliphatic hydroxyl groups excluding tert-OH is 2. The molecule has 1 saturated carbocycles. The van der Waals surface area contributed by atoms with Crippen LogP contribution in [0.1, 0.15) is 34.8 Å². The number of amides is 1. The molecule has 39 heavy (non-hydrogen) atoms. The minimum absolute atomic E-state index is 0.00276. The van der Waals surface area contributed by atoms with E-state index >= 15 is 0 Å². The van der Waals surface area contributed by atoms with Crippen LogP contribution in [-0.4, -0.2) is 74.3 Å². The van der Waals surface area contributed by atoms with Gasteiger partial charge in [0.2, 0.25) is 5.78 Å². The van der Waals surface area contributed by atoms with E-state index in [1.54, 1.807) is 44.4 Å². The van der Waals surface area contributed by atoms with Crippen molar-refractivity contribution in [3.05, 3.63) is 70.0 Å². The maximum Gasteiger partial charge on any atom is 0.255 e. The van der Waals surface area contributed by atoms with Gasteiger partial charge in [0, 0.05) is 17.1 Å². The summed E-state index contributed by atoms with van der Waals surface area (Å²) in [5.74, 6) is -7.12. The van der Waals surface area contributed by atoms with Crippen LogP contribution in [0.5, 0.6) is 5.75 Å². The van der Waals surface area contributed by atoms with Crippen molar-refractivity contribution in [2.75, 3.05) is 14.1 Å². The molecule has 1 amide bonds. The third-order valence-corrected chi connectivity index (χ3v) is 8.18. The largest absolute Gasteiger partial charge is 0.508 e. The number of likely N-dealkylation sites (N-methyl/N-ethyl adjacent to an activating group) is 1. The number of phenolic OH excluding ortho intramolecular Hbond substituents is 1. The average molecular weight is 533 g/mol. The molecule has 0 aliphatic heterocycles. The molecule has 202 valence electrons. The van der Waals surface area contributed by atoms with Crippen molar-refractivity contribution < 1.29 is 39.6 Å². The van der Waals surface area contributed by atoms with Gasteiger partial charge >= 0.3 is 0 Å². The highest BCUT2D eigenvalue weighted by atomic mass is 16.3. The summed E-state index contributed by atoms with van der Waals surface area (Å²) < 4.78 is 0. The van der Waals surface area contributed by atoms with Gasteiger partial charge in [-0.1, -0.05) is 24.3 Å². The number of fused-ring (bicyclic) bond motifs is 3. The van der Waals surface area contributed by atoms with Gasteiger partial charge in [0.15, 0.2) is 17.2 Å². The van der Waals surface area contributed by atoms with Crippen LogP contribution in [0, 0.1) is 11.8 Å². The number of nitrogens with two attached hydrogens (primary N) is 1. The van der Waals surface area contributed by atoms with Crippen LogP contribution in [0.25, 0.3) is 16.9 Å². The van der Waals surface area contributed by atoms with Gasteiger partial charge in [0.05, 0.1) is 11.6 Å². The van der Waals surface area contributed by atoms with Crippen molar-refractivity contribution in [3.63, 3.8) is 0 Å². The third-order valence-electron chi connectivity index (χ3n) is 8.18. The minimum Gasteiger partial charge on any atom is -0.508 e. The van der Waals surface area contributed by atoms with Crippen LogP contribution in [0.4, 0.5) is 0 Å². The van der Waals surface area contributed by atoms with Gasteiger partial charge in [-0.05, 0) is 68.6 Å². The molecule has 0 spiro atoms. The second-order valence-electron chi connectivity index (χ2n) is 10.6. The predicted octanol–water partition coefficient (Wildman–Crippen LogP) is 1.83. The van der Waals surface area contributed by atoms with Crippen molar-refractivity contribution in [2.45, 2.75) is 31.4 Å². The molecular weight excluding hydrogens is 504 g/mol. The molecule has 4 unspecified atom stereocenters. The Morgan fingerprint density at radius 2 is 1.77 bits per heavy atom. The average Bonchev–Trinajstić information content (AvgIpc) is 2.86. The second-order valence-corrected chi connectivity index (χ2v) is 10.6. The molecule has 0 aromatic heterocycles. The monoisotopic (exact) mass is 532 g/mol. The Kier molecular flexibility index (Phi) is 6.00. The first kappa shape index (κ1) is 26.3. The Bertz CT molecular complexity index is 1550. The van der Waals surface area contributed by atoms with Gasteiger partial charge in [-0.15, -0.1) is 0 Å². The SMILES string of the molecule is CC(=O)c1cccc(-c2ccc(O)c3c2CC2CC4C(N(C)C)C(=O)C(C(N)=O)=C(O)C4(O)C(=O)C2=C3O)c1. The van der Waals surface area contributed by atoms with Crippen LogP contribution in [-0.2, 0) is 20.8 Å². The molecule has 3 aliphatic rings. The highest BCUT2D eigenvalue weighted by Crippen LogP contribution is 2.53. The van der Waals surface area contributed by atoms with Crippen LogP contribution < -0.4 is 5.73 Å². The van der Waals surface area contributed by atoms with Crippen molar-refractivity contribution >= 4 is 29.0 Å². The lowest BCUT2D eigenvalue weighted by molar-refractivity contribution is -0.153. The summed E-state index contributed by atoms with van der Waals surface area (Å²) in [6, 6.07) is 8.76. The zero-order chi connectivity index (χ0) is 28.5. The van der Waals surface area contributed by atoms with Crippen LogP contribution >= 0.6 is 0 Å². The first-order valence-corrected chi connectivity index (χ1v) is 12.4. The van der Waals surface area contributed by atoms with E-state index in [2.05, 4.69) is 0 Å². The quantitative estimate of drug-likeness (QED) is 0.290. The number of primary amides is 1. The van der Waals surface area contributed by atoms with Gasteiger partial charge < -0.3 is 26.2 Å². The van der Waals surface area contributed by atoms with E-state index in [1.807, 2.05) is 0 Å². The number of aliphatic hydroxyl groups is 3. The van der Waals surface area contributed by atoms with E-state index in [4.69, 9.17) is 5.73 Å². The summed E-state index contributed by atoms with van der Waals surface area (Å²) in [6.07, 6.45) is 0.150. The maximum absolute atomic E-state index is 13.9. The number of benzene rings is 2. The Balaban J connectivity index is 1.73. The van der Waals surface area contributed by atoms with Gasteiger partial charge in [-0.2, -0.15) is 0 Å².